The molecule has 0 saturated carbocycles. The fourth-order valence-electron chi connectivity index (χ4n) is 2.14. The maximum Gasteiger partial charge on any atom is 0.246 e. The predicted molar refractivity (Wildman–Crippen MR) is 89.4 cm³/mol. The summed E-state index contributed by atoms with van der Waals surface area (Å²) in [6.45, 7) is 6.20. The van der Waals surface area contributed by atoms with Crippen LogP contribution in [0.4, 0.5) is 5.69 Å². The lowest BCUT2D eigenvalue weighted by atomic mass is 10.2. The molecule has 2 N–H and O–H groups in total. The van der Waals surface area contributed by atoms with E-state index in [1.807, 2.05) is 13.8 Å². The number of benzene rings is 1. The number of unbranched alkanes of at least 4 members (excludes halogenated alkanes) is 2. The Morgan fingerprint density at radius 3 is 2.33 bits per heavy atom. The number of nitrogen functional groups attached to an aromatic ring is 1. The van der Waals surface area contributed by atoms with Crippen LogP contribution in [0.2, 0.25) is 10.0 Å². The van der Waals surface area contributed by atoms with Crippen molar-refractivity contribution in [2.45, 2.75) is 51.0 Å². The molecule has 0 aliphatic heterocycles. The smallest absolute Gasteiger partial charge is 0.246 e. The molecule has 0 unspecified atom stereocenters. The maximum atomic E-state index is 12.8. The van der Waals surface area contributed by atoms with Crippen molar-refractivity contribution >= 4 is 38.9 Å². The van der Waals surface area contributed by atoms with Crippen molar-refractivity contribution in [3.63, 3.8) is 0 Å². The van der Waals surface area contributed by atoms with Crippen LogP contribution in [-0.4, -0.2) is 25.3 Å². The quantitative estimate of drug-likeness (QED) is 0.591. The van der Waals surface area contributed by atoms with Crippen molar-refractivity contribution in [2.24, 2.45) is 0 Å². The summed E-state index contributed by atoms with van der Waals surface area (Å²) in [5, 5.41) is 0.375. The molecule has 0 amide bonds. The van der Waals surface area contributed by atoms with Crippen LogP contribution < -0.4 is 5.73 Å². The summed E-state index contributed by atoms with van der Waals surface area (Å²) in [6.07, 6.45) is 2.80. The molecule has 1 aromatic rings. The van der Waals surface area contributed by atoms with Crippen molar-refractivity contribution in [2.75, 3.05) is 12.3 Å². The van der Waals surface area contributed by atoms with Crippen molar-refractivity contribution in [1.82, 2.24) is 4.31 Å². The summed E-state index contributed by atoms with van der Waals surface area (Å²) < 4.78 is 27.1. The standard InChI is InChI=1S/C14H22Cl2N2O2S/c1-4-5-6-7-18(10(2)3)21(19,20)14-12(16)8-11(15)9-13(14)17/h8-10H,4-7,17H2,1-3H3. The summed E-state index contributed by atoms with van der Waals surface area (Å²) in [5.41, 5.74) is 5.90. The Kier molecular flexibility index (Phi) is 6.78. The monoisotopic (exact) mass is 352 g/mol. The highest BCUT2D eigenvalue weighted by Crippen LogP contribution is 2.34. The van der Waals surface area contributed by atoms with Crippen LogP contribution in [-0.2, 0) is 10.0 Å². The number of hydrogen-bond acceptors (Lipinski definition) is 3. The van der Waals surface area contributed by atoms with Gasteiger partial charge in [0.1, 0.15) is 4.90 Å². The Bertz CT molecular complexity index is 566. The Morgan fingerprint density at radius 2 is 1.86 bits per heavy atom. The largest absolute Gasteiger partial charge is 0.398 e. The van der Waals surface area contributed by atoms with E-state index in [1.54, 1.807) is 0 Å². The molecule has 21 heavy (non-hydrogen) atoms. The molecule has 0 aliphatic rings. The molecule has 0 aliphatic carbocycles. The highest BCUT2D eigenvalue weighted by atomic mass is 35.5. The molecule has 7 heteroatoms. The van der Waals surface area contributed by atoms with Gasteiger partial charge < -0.3 is 5.73 Å². The van der Waals surface area contributed by atoms with Crippen LogP contribution in [0.3, 0.4) is 0 Å². The van der Waals surface area contributed by atoms with Crippen molar-refractivity contribution in [3.8, 4) is 0 Å². The van der Waals surface area contributed by atoms with E-state index in [1.165, 1.54) is 16.4 Å². The fraction of sp³-hybridized carbons (Fsp3) is 0.571. The number of halogens is 2. The van der Waals surface area contributed by atoms with Gasteiger partial charge >= 0.3 is 0 Å². The van der Waals surface area contributed by atoms with E-state index in [2.05, 4.69) is 6.92 Å². The van der Waals surface area contributed by atoms with E-state index in [0.717, 1.165) is 19.3 Å². The van der Waals surface area contributed by atoms with Crippen molar-refractivity contribution in [1.29, 1.82) is 0 Å². The van der Waals surface area contributed by atoms with E-state index >= 15 is 0 Å². The Labute approximate surface area is 137 Å². The van der Waals surface area contributed by atoms with E-state index in [9.17, 15) is 8.42 Å². The van der Waals surface area contributed by atoms with Crippen LogP contribution >= 0.6 is 23.2 Å². The van der Waals surface area contributed by atoms with Gasteiger partial charge in [-0.1, -0.05) is 43.0 Å². The van der Waals surface area contributed by atoms with E-state index < -0.39 is 10.0 Å². The Morgan fingerprint density at radius 1 is 1.24 bits per heavy atom. The molecular formula is C14H22Cl2N2O2S. The third-order valence-corrected chi connectivity index (χ3v) is 5.98. The summed E-state index contributed by atoms with van der Waals surface area (Å²) in [5.74, 6) is 0. The zero-order valence-electron chi connectivity index (χ0n) is 12.6. The first-order valence-electron chi connectivity index (χ1n) is 6.98. The molecule has 0 fully saturated rings. The van der Waals surface area contributed by atoms with Crippen molar-refractivity contribution < 1.29 is 8.42 Å². The predicted octanol–water partition coefficient (Wildman–Crippen LogP) is 4.16. The van der Waals surface area contributed by atoms with Gasteiger partial charge in [0.05, 0.1) is 10.7 Å². The zero-order valence-corrected chi connectivity index (χ0v) is 14.9. The fourth-order valence-corrected chi connectivity index (χ4v) is 4.77. The first-order chi connectivity index (χ1) is 9.71. The number of nitrogens with two attached hydrogens (primary N) is 1. The highest BCUT2D eigenvalue weighted by molar-refractivity contribution is 7.89. The summed E-state index contributed by atoms with van der Waals surface area (Å²) in [6, 6.07) is 2.64. The van der Waals surface area contributed by atoms with Gasteiger partial charge in [0.25, 0.3) is 0 Å². The zero-order chi connectivity index (χ0) is 16.2. The van der Waals surface area contributed by atoms with Gasteiger partial charge in [-0.25, -0.2) is 8.42 Å². The number of nitrogens with zero attached hydrogens (tertiary/aromatic N) is 1. The molecule has 1 aromatic carbocycles. The van der Waals surface area contributed by atoms with Gasteiger partial charge in [0.15, 0.2) is 0 Å². The van der Waals surface area contributed by atoms with Gasteiger partial charge in [-0.05, 0) is 32.4 Å². The lowest BCUT2D eigenvalue weighted by Crippen LogP contribution is -2.38. The van der Waals surface area contributed by atoms with E-state index in [0.29, 0.717) is 11.6 Å². The van der Waals surface area contributed by atoms with E-state index in [4.69, 9.17) is 28.9 Å². The van der Waals surface area contributed by atoms with Gasteiger partial charge in [0, 0.05) is 17.6 Å². The molecule has 0 aromatic heterocycles. The molecule has 0 spiro atoms. The number of anilines is 1. The second-order valence-electron chi connectivity index (χ2n) is 5.22. The van der Waals surface area contributed by atoms with Crippen LogP contribution in [0.15, 0.2) is 17.0 Å². The number of rotatable bonds is 7. The third-order valence-electron chi connectivity index (χ3n) is 3.16. The lowest BCUT2D eigenvalue weighted by molar-refractivity contribution is 0.346. The normalized spacial score (nSPS) is 12.3. The molecule has 0 atom stereocenters. The van der Waals surface area contributed by atoms with Gasteiger partial charge in [0.2, 0.25) is 10.0 Å². The van der Waals surface area contributed by atoms with Crippen LogP contribution in [0, 0.1) is 0 Å². The van der Waals surface area contributed by atoms with E-state index in [-0.39, 0.29) is 21.6 Å². The van der Waals surface area contributed by atoms with Crippen LogP contribution in [0.25, 0.3) is 0 Å². The second-order valence-corrected chi connectivity index (χ2v) is 7.89. The minimum Gasteiger partial charge on any atom is -0.398 e. The molecule has 0 bridgehead atoms. The third kappa shape index (κ3) is 4.49. The second kappa shape index (κ2) is 7.68. The first-order valence-corrected chi connectivity index (χ1v) is 9.17. The number of sulfonamides is 1. The topological polar surface area (TPSA) is 63.4 Å². The summed E-state index contributed by atoms with van der Waals surface area (Å²) >= 11 is 11.9. The molecule has 120 valence electrons. The molecule has 1 rings (SSSR count). The minimum absolute atomic E-state index is 0.0566. The lowest BCUT2D eigenvalue weighted by Gasteiger charge is -2.27. The van der Waals surface area contributed by atoms with Gasteiger partial charge in [-0.15, -0.1) is 0 Å². The minimum atomic E-state index is -3.74. The Hall–Kier alpha value is -0.490. The first kappa shape index (κ1) is 18.6. The van der Waals surface area contributed by atoms with Gasteiger partial charge in [-0.3, -0.25) is 0 Å². The molecule has 0 heterocycles. The van der Waals surface area contributed by atoms with Crippen LogP contribution in [0.1, 0.15) is 40.0 Å². The average molecular weight is 353 g/mol. The summed E-state index contributed by atoms with van der Waals surface area (Å²) in [7, 11) is -3.74. The maximum absolute atomic E-state index is 12.8. The average Bonchev–Trinajstić information content (AvgIpc) is 2.31. The molecule has 0 saturated heterocycles. The highest BCUT2D eigenvalue weighted by Gasteiger charge is 2.30. The van der Waals surface area contributed by atoms with Gasteiger partial charge in [-0.2, -0.15) is 4.31 Å². The van der Waals surface area contributed by atoms with Crippen molar-refractivity contribution in [3.05, 3.63) is 22.2 Å². The number of hydrogen-bond donors (Lipinski definition) is 1. The summed E-state index contributed by atoms with van der Waals surface area (Å²) in [4.78, 5) is -0.0567. The molecular weight excluding hydrogens is 331 g/mol. The van der Waals surface area contributed by atoms with Crippen LogP contribution in [0.5, 0.6) is 0 Å². The molecule has 0 radical (unpaired) electrons. The Balaban J connectivity index is 3.23. The molecule has 4 nitrogen and oxygen atoms in total. The SMILES string of the molecule is CCCCCN(C(C)C)S(=O)(=O)c1c(N)cc(Cl)cc1Cl.